The Balaban J connectivity index is 2.38. The molecule has 25 heteroatoms. The third-order valence-electron chi connectivity index (χ3n) is 6.89. The van der Waals surface area contributed by atoms with E-state index in [4.69, 9.17) is 9.47 Å². The molecule has 50 heavy (non-hydrogen) atoms. The summed E-state index contributed by atoms with van der Waals surface area (Å²) in [5.41, 5.74) is -6.38. The minimum Gasteiger partial charge on any atom is -0.465 e. The Morgan fingerprint density at radius 2 is 0.840 bits per heavy atom. The van der Waals surface area contributed by atoms with Crippen molar-refractivity contribution in [2.45, 2.75) is 24.1 Å². The molecule has 0 aromatic carbocycles. The maximum absolute atomic E-state index is 12.8. The second-order valence-corrected chi connectivity index (χ2v) is 10.3. The third kappa shape index (κ3) is 14.4. The van der Waals surface area contributed by atoms with E-state index in [1.807, 2.05) is 0 Å². The monoisotopic (exact) mass is 755 g/mol. The number of alkyl halides is 9. The highest BCUT2D eigenvalue weighted by atomic mass is 19.4. The molecule has 0 radical (unpaired) electrons. The first-order valence-electron chi connectivity index (χ1n) is 14.6. The van der Waals surface area contributed by atoms with Gasteiger partial charge in [-0.25, -0.2) is 14.4 Å². The van der Waals surface area contributed by atoms with Gasteiger partial charge in [-0.2, -0.15) is 39.5 Å². The predicted octanol–water partition coefficient (Wildman–Crippen LogP) is 1.85. The lowest BCUT2D eigenvalue weighted by atomic mass is 10.0. The van der Waals surface area contributed by atoms with Crippen molar-refractivity contribution in [1.82, 2.24) is 24.9 Å². The Bertz CT molecular complexity index is 1020. The fraction of sp³-hybridized carbons (Fsp3) is 0.840. The Morgan fingerprint density at radius 3 is 1.18 bits per heavy atom. The summed E-state index contributed by atoms with van der Waals surface area (Å²) in [7, 11) is 0. The first-order valence-corrected chi connectivity index (χ1v) is 14.6. The molecule has 1 fully saturated rings. The van der Waals surface area contributed by atoms with E-state index in [2.05, 4.69) is 14.8 Å². The highest BCUT2D eigenvalue weighted by Crippen LogP contribution is 2.54. The van der Waals surface area contributed by atoms with Crippen LogP contribution in [0.1, 0.15) is 0 Å². The number of amides is 4. The Morgan fingerprint density at radius 1 is 0.520 bits per heavy atom. The van der Waals surface area contributed by atoms with E-state index in [0.717, 1.165) is 14.7 Å². The molecular weight excluding hydrogens is 717 g/mol. The molecule has 292 valence electrons. The predicted molar refractivity (Wildman–Crippen MR) is 148 cm³/mol. The van der Waals surface area contributed by atoms with Gasteiger partial charge >= 0.3 is 42.4 Å². The van der Waals surface area contributed by atoms with Crippen molar-refractivity contribution in [2.24, 2.45) is 0 Å². The van der Waals surface area contributed by atoms with Gasteiger partial charge in [0.15, 0.2) is 0 Å². The number of nitrogens with zero attached hydrogens (tertiary/aromatic N) is 4. The number of hydrogen-bond donors (Lipinski definition) is 4. The van der Waals surface area contributed by atoms with Gasteiger partial charge in [0, 0.05) is 58.9 Å². The maximum atomic E-state index is 12.8. The van der Waals surface area contributed by atoms with Crippen LogP contribution in [0, 0.1) is 0 Å². The number of carbonyl (C=O) groups excluding carboxylic acids is 1. The minimum absolute atomic E-state index is 0.0119. The van der Waals surface area contributed by atoms with Crippen LogP contribution in [0.5, 0.6) is 0 Å². The summed E-state index contributed by atoms with van der Waals surface area (Å²) >= 11 is 0. The lowest BCUT2D eigenvalue weighted by Crippen LogP contribution is -2.68. The quantitative estimate of drug-likeness (QED) is 0.140. The summed E-state index contributed by atoms with van der Waals surface area (Å²) in [6, 6.07) is 0. The Kier molecular flexibility index (Phi) is 18.1. The molecule has 1 aliphatic heterocycles. The summed E-state index contributed by atoms with van der Waals surface area (Å²) < 4.78 is 133. The van der Waals surface area contributed by atoms with Gasteiger partial charge in [0.2, 0.25) is 5.91 Å². The van der Waals surface area contributed by atoms with Crippen molar-refractivity contribution in [3.05, 3.63) is 0 Å². The van der Waals surface area contributed by atoms with Crippen molar-refractivity contribution in [1.29, 1.82) is 0 Å². The van der Waals surface area contributed by atoms with Crippen molar-refractivity contribution in [3.8, 4) is 0 Å². The van der Waals surface area contributed by atoms with Crippen molar-refractivity contribution in [3.63, 3.8) is 0 Å². The van der Waals surface area contributed by atoms with E-state index in [9.17, 15) is 74.0 Å². The van der Waals surface area contributed by atoms with E-state index in [-0.39, 0.29) is 91.9 Å². The summed E-state index contributed by atoms with van der Waals surface area (Å²) in [6.45, 7) is -4.62. The molecule has 1 saturated heterocycles. The Hall–Kier alpha value is -3.55. The molecule has 4 N–H and O–H groups in total. The second kappa shape index (κ2) is 20.3. The minimum atomic E-state index is -6.84. The first kappa shape index (κ1) is 44.5. The van der Waals surface area contributed by atoms with Crippen LogP contribution in [0.15, 0.2) is 0 Å². The molecule has 0 aromatic rings. The molecule has 4 amide bonds. The van der Waals surface area contributed by atoms with Gasteiger partial charge in [0.1, 0.15) is 0 Å². The smallest absolute Gasteiger partial charge is 0.435 e. The lowest BCUT2D eigenvalue weighted by molar-refractivity contribution is -0.457. The molecule has 0 aromatic heterocycles. The summed E-state index contributed by atoms with van der Waals surface area (Å²) in [5.74, 6) is -0.503. The van der Waals surface area contributed by atoms with Crippen LogP contribution in [0.2, 0.25) is 0 Å². The van der Waals surface area contributed by atoms with Gasteiger partial charge in [-0.3, -0.25) is 9.69 Å². The molecular formula is C25H38F9N5O11. The molecule has 16 nitrogen and oxygen atoms in total. The number of nitrogens with one attached hydrogen (secondary N) is 1. The number of ether oxygens (including phenoxy) is 4. The standard InChI is InChI=1S/C25H38F9N5O11/c26-23(27,28)22(24(29,30)31,25(32,33)34)50-16-15-49-14-13-48-12-11-47-10-1-35-18(40)17-36-2-4-37(19(41)42)6-8-39(21(45)46)9-7-38(5-3-36)20(43)44/h1-17H2,(H,35,40)(H,41,42)(H,43,44)(H,45,46). The largest absolute Gasteiger partial charge is 0.465 e. The summed E-state index contributed by atoms with van der Waals surface area (Å²) in [6.07, 6.45) is -24.5. The molecule has 0 bridgehead atoms. The zero-order valence-electron chi connectivity index (χ0n) is 26.3. The topological polar surface area (TPSA) is 191 Å². The number of rotatable bonds is 15. The normalized spacial score (nSPS) is 16.5. The molecule has 1 rings (SSSR count). The van der Waals surface area contributed by atoms with Crippen molar-refractivity contribution < 1.29 is 93.0 Å². The molecule has 0 saturated carbocycles. The summed E-state index contributed by atoms with van der Waals surface area (Å²) in [4.78, 5) is 51.6. The van der Waals surface area contributed by atoms with Crippen molar-refractivity contribution in [2.75, 3.05) is 112 Å². The SMILES string of the molecule is O=C(CN1CCN(C(=O)O)CCN(C(=O)O)CCN(C(=O)O)CC1)NCCOCCOCCOCCOC(C(F)(F)F)(C(F)(F)F)C(F)(F)F. The number of hydrogen-bond acceptors (Lipinski definition) is 9. The highest BCUT2D eigenvalue weighted by Gasteiger charge is 2.85. The average Bonchev–Trinajstić information content (AvgIpc) is 2.96. The lowest BCUT2D eigenvalue weighted by Gasteiger charge is -2.37. The Labute approximate surface area is 278 Å². The van der Waals surface area contributed by atoms with Crippen LogP contribution < -0.4 is 5.32 Å². The van der Waals surface area contributed by atoms with Crippen LogP contribution in [0.25, 0.3) is 0 Å². The fourth-order valence-electron chi connectivity index (χ4n) is 4.23. The van der Waals surface area contributed by atoms with Crippen LogP contribution in [-0.2, 0) is 23.7 Å². The van der Waals surface area contributed by atoms with E-state index >= 15 is 0 Å². The van der Waals surface area contributed by atoms with Gasteiger partial charge in [-0.05, 0) is 0 Å². The second-order valence-electron chi connectivity index (χ2n) is 10.3. The number of carboxylic acid groups (broad SMARTS) is 3. The van der Waals surface area contributed by atoms with Crippen molar-refractivity contribution >= 4 is 24.2 Å². The zero-order chi connectivity index (χ0) is 38.2. The molecule has 0 aliphatic carbocycles. The van der Waals surface area contributed by atoms with Crippen LogP contribution >= 0.6 is 0 Å². The first-order chi connectivity index (χ1) is 23.1. The van der Waals surface area contributed by atoms with Gasteiger partial charge < -0.3 is 54.3 Å². The van der Waals surface area contributed by atoms with E-state index < -0.39 is 68.1 Å². The van der Waals surface area contributed by atoms with E-state index in [1.54, 1.807) is 0 Å². The fourth-order valence-corrected chi connectivity index (χ4v) is 4.23. The molecule has 1 heterocycles. The highest BCUT2D eigenvalue weighted by molar-refractivity contribution is 5.78. The molecule has 0 unspecified atom stereocenters. The van der Waals surface area contributed by atoms with Crippen LogP contribution in [0.3, 0.4) is 0 Å². The van der Waals surface area contributed by atoms with E-state index in [1.165, 1.54) is 4.90 Å². The van der Waals surface area contributed by atoms with Crippen LogP contribution in [0.4, 0.5) is 53.9 Å². The molecule has 0 spiro atoms. The van der Waals surface area contributed by atoms with E-state index in [0.29, 0.717) is 0 Å². The molecule has 0 atom stereocenters. The molecule has 1 aliphatic rings. The zero-order valence-corrected chi connectivity index (χ0v) is 26.3. The van der Waals surface area contributed by atoms with Crippen LogP contribution in [-0.4, -0.2) is 195 Å². The third-order valence-corrected chi connectivity index (χ3v) is 6.89. The van der Waals surface area contributed by atoms with Gasteiger partial charge in [0.05, 0.1) is 52.8 Å². The number of halogens is 9. The summed E-state index contributed by atoms with van der Waals surface area (Å²) in [5, 5.41) is 30.8. The van der Waals surface area contributed by atoms with Gasteiger partial charge in [-0.1, -0.05) is 0 Å². The van der Waals surface area contributed by atoms with Gasteiger partial charge in [-0.15, -0.1) is 0 Å². The van der Waals surface area contributed by atoms with Gasteiger partial charge in [0.25, 0.3) is 0 Å². The average molecular weight is 756 g/mol. The number of carbonyl (C=O) groups is 4. The maximum Gasteiger partial charge on any atom is 0.435 e.